The first-order valence-electron chi connectivity index (χ1n) is 20.3. The van der Waals surface area contributed by atoms with E-state index in [0.29, 0.717) is 38.9 Å². The van der Waals surface area contributed by atoms with Crippen molar-refractivity contribution < 1.29 is 31.5 Å². The van der Waals surface area contributed by atoms with Crippen LogP contribution in [0.1, 0.15) is 82.7 Å². The molecule has 2 aromatic heterocycles. The van der Waals surface area contributed by atoms with Gasteiger partial charge in [0.25, 0.3) is 15.9 Å². The van der Waals surface area contributed by atoms with E-state index in [-0.39, 0.29) is 29.1 Å². The molecule has 0 fully saturated rings. The molecule has 2 aliphatic heterocycles. The summed E-state index contributed by atoms with van der Waals surface area (Å²) < 4.78 is 66.3. The van der Waals surface area contributed by atoms with Crippen LogP contribution in [0.2, 0.25) is 0 Å². The highest BCUT2D eigenvalue weighted by atomic mass is 32.2. The van der Waals surface area contributed by atoms with Gasteiger partial charge in [-0.3, -0.25) is 29.6 Å². The third-order valence-electron chi connectivity index (χ3n) is 11.2. The number of fused-ring (bicyclic) bond motifs is 4. The number of aryl methyl sites for hydroxylation is 2. The number of hydrogen-bond donors (Lipinski definition) is 4. The van der Waals surface area contributed by atoms with Gasteiger partial charge in [0.05, 0.1) is 39.4 Å². The number of benzene rings is 4. The van der Waals surface area contributed by atoms with Gasteiger partial charge in [-0.2, -0.15) is 10.4 Å². The van der Waals surface area contributed by atoms with Crippen LogP contribution in [-0.4, -0.2) is 54.6 Å². The Balaban J connectivity index is 0.983. The van der Waals surface area contributed by atoms with Crippen molar-refractivity contribution >= 4 is 66.4 Å². The van der Waals surface area contributed by atoms with E-state index in [0.717, 1.165) is 32.4 Å². The van der Waals surface area contributed by atoms with Crippen LogP contribution in [0.5, 0.6) is 0 Å². The van der Waals surface area contributed by atoms with Crippen molar-refractivity contribution in [2.24, 2.45) is 10.1 Å². The average molecular weight is 903 g/mol. The standard InChI is InChI=1S/C47H44F2N8O5S2/c1-24-8-19-35(43-38(24)31(21-50)23-51-43)56-64(60,61)32-15-9-28(10-16-32)22-52-45(59)34-18-17-33(40(48)41(34)49)29-11-13-30(14-12-29)42-39-25(2)26(3)63-46(39)57-27(4)54-55-44(57)36(53-42)20-37(58)62-47(5,6)7/h8-19,23,36,44,51,55-56H,20,22H2,1-7H3,(H,52,59)/t36-,44?/m0/s1. The third kappa shape index (κ3) is 8.22. The number of esters is 1. The van der Waals surface area contributed by atoms with Crippen LogP contribution < -0.4 is 20.4 Å². The maximum Gasteiger partial charge on any atom is 0.308 e. The number of anilines is 2. The van der Waals surface area contributed by atoms with E-state index in [9.17, 15) is 23.3 Å². The van der Waals surface area contributed by atoms with Crippen molar-refractivity contribution in [2.75, 3.05) is 9.62 Å². The number of nitrogens with zero attached hydrogens (tertiary/aromatic N) is 4. The number of aromatic amines is 1. The highest BCUT2D eigenvalue weighted by Crippen LogP contribution is 2.42. The van der Waals surface area contributed by atoms with E-state index in [1.165, 1.54) is 42.6 Å². The minimum absolute atomic E-state index is 0.0127. The largest absolute Gasteiger partial charge is 0.460 e. The molecular formula is C47H44F2N8O5S2. The highest BCUT2D eigenvalue weighted by Gasteiger charge is 2.41. The predicted octanol–water partition coefficient (Wildman–Crippen LogP) is 8.72. The first kappa shape index (κ1) is 43.7. The van der Waals surface area contributed by atoms with Crippen LogP contribution in [0, 0.1) is 43.7 Å². The number of ether oxygens (including phenoxy) is 1. The number of halogens is 2. The molecule has 1 amide bonds. The molecule has 13 nitrogen and oxygen atoms in total. The van der Waals surface area contributed by atoms with Gasteiger partial charge < -0.3 is 15.0 Å². The van der Waals surface area contributed by atoms with Crippen LogP contribution >= 0.6 is 11.3 Å². The molecular weight excluding hydrogens is 859 g/mol. The Morgan fingerprint density at radius 2 is 1.66 bits per heavy atom. The summed E-state index contributed by atoms with van der Waals surface area (Å²) in [5.74, 6) is -3.05. The Labute approximate surface area is 372 Å². The van der Waals surface area contributed by atoms with Crippen molar-refractivity contribution in [3.05, 3.63) is 134 Å². The van der Waals surface area contributed by atoms with E-state index in [2.05, 4.69) is 36.5 Å². The summed E-state index contributed by atoms with van der Waals surface area (Å²) in [7, 11) is -4.04. The fraction of sp³-hybridized carbons (Fsp3) is 0.255. The number of rotatable bonds is 10. The minimum Gasteiger partial charge on any atom is -0.460 e. The Kier molecular flexibility index (Phi) is 11.4. The zero-order valence-corrected chi connectivity index (χ0v) is 37.6. The second-order valence-electron chi connectivity index (χ2n) is 16.7. The fourth-order valence-electron chi connectivity index (χ4n) is 7.91. The van der Waals surface area contributed by atoms with Gasteiger partial charge in [-0.25, -0.2) is 17.2 Å². The third-order valence-corrected chi connectivity index (χ3v) is 13.7. The Morgan fingerprint density at radius 1 is 0.953 bits per heavy atom. The summed E-state index contributed by atoms with van der Waals surface area (Å²) in [5, 5.41) is 18.1. The number of amides is 1. The number of carbonyl (C=O) groups excluding carboxylic acids is 2. The smallest absolute Gasteiger partial charge is 0.308 e. The van der Waals surface area contributed by atoms with Crippen LogP contribution in [0.4, 0.5) is 19.5 Å². The van der Waals surface area contributed by atoms with E-state index in [4.69, 9.17) is 9.73 Å². The maximum absolute atomic E-state index is 15.8. The quantitative estimate of drug-likeness (QED) is 0.0986. The van der Waals surface area contributed by atoms with E-state index in [1.807, 2.05) is 48.5 Å². The Morgan fingerprint density at radius 3 is 2.34 bits per heavy atom. The second kappa shape index (κ2) is 16.7. The van der Waals surface area contributed by atoms with Crippen molar-refractivity contribution in [3.8, 4) is 17.2 Å². The lowest BCUT2D eigenvalue weighted by molar-refractivity contribution is -0.155. The monoisotopic (exact) mass is 902 g/mol. The Bertz CT molecular complexity index is 3090. The summed E-state index contributed by atoms with van der Waals surface area (Å²) in [5.41, 5.74) is 8.04. The van der Waals surface area contributed by atoms with Crippen molar-refractivity contribution in [2.45, 2.75) is 84.1 Å². The minimum atomic E-state index is -4.04. The number of nitrogens with one attached hydrogen (secondary N) is 4. The van der Waals surface area contributed by atoms with E-state index < -0.39 is 56.9 Å². The topological polar surface area (TPSA) is 181 Å². The molecule has 0 saturated carbocycles. The summed E-state index contributed by atoms with van der Waals surface area (Å²) in [4.78, 5) is 37.6. The molecule has 2 aliphatic rings. The lowest BCUT2D eigenvalue weighted by Gasteiger charge is -2.28. The molecule has 2 atom stereocenters. The molecule has 0 bridgehead atoms. The molecule has 64 heavy (non-hydrogen) atoms. The SMILES string of the molecule is CC1=NNC2[C@H](CC(=O)OC(C)(C)C)N=C(c3ccc(-c4ccc(C(=O)NCc5ccc(S(=O)(=O)Nc6ccc(C)c7c(C#N)c[nH]c67)cc5)c(F)c4F)cc3)c3c(sc(C)c3C)N12. The van der Waals surface area contributed by atoms with E-state index in [1.54, 1.807) is 47.7 Å². The van der Waals surface area contributed by atoms with Gasteiger partial charge >= 0.3 is 5.97 Å². The zero-order chi connectivity index (χ0) is 45.8. The van der Waals surface area contributed by atoms with Gasteiger partial charge in [0.2, 0.25) is 0 Å². The lowest BCUT2D eigenvalue weighted by atomic mass is 9.96. The van der Waals surface area contributed by atoms with Crippen molar-refractivity contribution in [1.82, 2.24) is 15.7 Å². The number of thiophene rings is 1. The molecule has 4 heterocycles. The molecule has 0 saturated heterocycles. The normalized spacial score (nSPS) is 15.9. The number of hydrazone groups is 1. The molecule has 0 aliphatic carbocycles. The van der Waals surface area contributed by atoms with Gasteiger partial charge in [0.15, 0.2) is 11.6 Å². The summed E-state index contributed by atoms with van der Waals surface area (Å²) >= 11 is 1.60. The molecule has 4 N–H and O–H groups in total. The summed E-state index contributed by atoms with van der Waals surface area (Å²) in [6, 6.07) is 20.0. The first-order chi connectivity index (χ1) is 30.3. The molecule has 6 aromatic rings. The molecule has 8 rings (SSSR count). The van der Waals surface area contributed by atoms with Gasteiger partial charge in [-0.15, -0.1) is 11.3 Å². The molecule has 1 unspecified atom stereocenters. The van der Waals surface area contributed by atoms with Gasteiger partial charge in [0.1, 0.15) is 34.7 Å². The molecule has 4 aromatic carbocycles. The lowest BCUT2D eigenvalue weighted by Crippen LogP contribution is -2.47. The van der Waals surface area contributed by atoms with Gasteiger partial charge in [-0.05, 0) is 95.0 Å². The molecule has 328 valence electrons. The summed E-state index contributed by atoms with van der Waals surface area (Å²) in [6.45, 7) is 13.1. The first-order valence-corrected chi connectivity index (χ1v) is 22.6. The second-order valence-corrected chi connectivity index (χ2v) is 19.6. The zero-order valence-electron chi connectivity index (χ0n) is 36.0. The molecule has 0 radical (unpaired) electrons. The summed E-state index contributed by atoms with van der Waals surface area (Å²) in [6.07, 6.45) is 1.07. The van der Waals surface area contributed by atoms with Crippen molar-refractivity contribution in [3.63, 3.8) is 0 Å². The van der Waals surface area contributed by atoms with Crippen LogP contribution in [-0.2, 0) is 26.1 Å². The van der Waals surface area contributed by atoms with Gasteiger partial charge in [0, 0.05) is 39.7 Å². The predicted molar refractivity (Wildman–Crippen MR) is 244 cm³/mol. The number of sulfonamides is 1. The number of H-pyrrole nitrogens is 1. The average Bonchev–Trinajstić information content (AvgIpc) is 3.92. The van der Waals surface area contributed by atoms with Crippen LogP contribution in [0.15, 0.2) is 94.0 Å². The van der Waals surface area contributed by atoms with Crippen LogP contribution in [0.3, 0.4) is 0 Å². The van der Waals surface area contributed by atoms with Crippen LogP contribution in [0.25, 0.3) is 22.0 Å². The Hall–Kier alpha value is -6.90. The maximum atomic E-state index is 15.8. The highest BCUT2D eigenvalue weighted by molar-refractivity contribution is 7.92. The number of aliphatic imine (C=N–C) groups is 1. The van der Waals surface area contributed by atoms with Gasteiger partial charge in [-0.1, -0.05) is 48.5 Å². The number of carbonyl (C=O) groups is 2. The number of aromatic nitrogens is 1. The number of hydrogen-bond acceptors (Lipinski definition) is 11. The number of nitriles is 1. The van der Waals surface area contributed by atoms with E-state index >= 15 is 8.78 Å². The number of amidine groups is 1. The fourth-order valence-corrected chi connectivity index (χ4v) is 10.2. The molecule has 17 heteroatoms. The van der Waals surface area contributed by atoms with Crippen molar-refractivity contribution in [1.29, 1.82) is 5.26 Å². The molecule has 0 spiro atoms.